The number of pyridine rings is 1. The number of aromatic nitrogens is 2. The van der Waals surface area contributed by atoms with Gasteiger partial charge in [0.25, 0.3) is 0 Å². The first kappa shape index (κ1) is 25.8. The van der Waals surface area contributed by atoms with Gasteiger partial charge < -0.3 is 20.0 Å². The average Bonchev–Trinajstić information content (AvgIpc) is 3.51. The summed E-state index contributed by atoms with van der Waals surface area (Å²) in [6, 6.07) is 11.1. The van der Waals surface area contributed by atoms with Crippen LogP contribution in [-0.4, -0.2) is 28.3 Å². The third-order valence-electron chi connectivity index (χ3n) is 4.90. The number of aliphatic hydroxyl groups excluding tert-OH is 1. The van der Waals surface area contributed by atoms with E-state index in [-0.39, 0.29) is 37.7 Å². The molecule has 0 radical (unpaired) electrons. The minimum Gasteiger partial charge on any atom is -0.491 e. The lowest BCUT2D eigenvalue weighted by molar-refractivity contribution is 0.201. The largest absolute Gasteiger partial charge is 0.491 e. The summed E-state index contributed by atoms with van der Waals surface area (Å²) in [5.41, 5.74) is 9.26. The summed E-state index contributed by atoms with van der Waals surface area (Å²) in [4.78, 5) is 12.5. The molecule has 35 heavy (non-hydrogen) atoms. The summed E-state index contributed by atoms with van der Waals surface area (Å²) in [5, 5.41) is 23.3. The number of aryl methyl sites for hydroxylation is 1. The Morgan fingerprint density at radius 2 is 2.03 bits per heavy atom. The molecular formula is C25H23N5O3S2. The van der Waals surface area contributed by atoms with Gasteiger partial charge in [0.05, 0.1) is 24.4 Å². The van der Waals surface area contributed by atoms with Gasteiger partial charge in [0.1, 0.15) is 35.0 Å². The molecule has 0 saturated carbocycles. The Balaban J connectivity index is 0.00000342. The maximum atomic E-state index is 9.99. The molecular weight excluding hydrogens is 482 g/mol. The number of ether oxygens (including phenoxy) is 1. The van der Waals surface area contributed by atoms with Crippen LogP contribution in [0.3, 0.4) is 0 Å². The highest BCUT2D eigenvalue weighted by Gasteiger charge is 2.22. The summed E-state index contributed by atoms with van der Waals surface area (Å²) >= 11 is 2.88. The van der Waals surface area contributed by atoms with E-state index in [4.69, 9.17) is 26.6 Å². The molecule has 3 aromatic heterocycles. The molecule has 4 rings (SSSR count). The molecule has 0 aliphatic carbocycles. The van der Waals surface area contributed by atoms with Crippen molar-refractivity contribution >= 4 is 34.6 Å². The summed E-state index contributed by atoms with van der Waals surface area (Å²) in [6.45, 7) is 9.53. The molecule has 0 unspecified atom stereocenters. The van der Waals surface area contributed by atoms with E-state index in [2.05, 4.69) is 20.9 Å². The zero-order valence-corrected chi connectivity index (χ0v) is 19.7. The van der Waals surface area contributed by atoms with E-state index in [9.17, 15) is 5.26 Å². The van der Waals surface area contributed by atoms with Crippen LogP contribution in [0.15, 0.2) is 50.5 Å². The van der Waals surface area contributed by atoms with Gasteiger partial charge in [-0.05, 0) is 36.1 Å². The monoisotopic (exact) mass is 505 g/mol. The van der Waals surface area contributed by atoms with Gasteiger partial charge in [0, 0.05) is 22.3 Å². The molecule has 0 atom stereocenters. The maximum absolute atomic E-state index is 9.99. The molecule has 3 N–H and O–H groups in total. The smallest absolute Gasteiger partial charge is 0.236 e. The Morgan fingerprint density at radius 1 is 1.26 bits per heavy atom. The number of thiophene rings is 1. The molecule has 8 nitrogen and oxygen atoms in total. The van der Waals surface area contributed by atoms with E-state index in [0.29, 0.717) is 39.3 Å². The summed E-state index contributed by atoms with van der Waals surface area (Å²) in [5.74, 6) is 2.29. The Labute approximate surface area is 211 Å². The molecule has 0 amide bonds. The van der Waals surface area contributed by atoms with E-state index < -0.39 is 0 Å². The van der Waals surface area contributed by atoms with E-state index in [1.165, 1.54) is 11.8 Å². The van der Waals surface area contributed by atoms with Gasteiger partial charge in [0.15, 0.2) is 0 Å². The molecule has 0 bridgehead atoms. The zero-order chi connectivity index (χ0) is 24.1. The Bertz CT molecular complexity index is 1380. The zero-order valence-electron chi connectivity index (χ0n) is 18.1. The molecule has 178 valence electrons. The van der Waals surface area contributed by atoms with Crippen molar-refractivity contribution in [1.82, 2.24) is 9.97 Å². The van der Waals surface area contributed by atoms with E-state index in [1.807, 2.05) is 23.8 Å². The van der Waals surface area contributed by atoms with Crippen LogP contribution < -0.4 is 10.5 Å². The first-order valence-corrected chi connectivity index (χ1v) is 12.0. The molecule has 0 spiro atoms. The van der Waals surface area contributed by atoms with Crippen molar-refractivity contribution in [3.63, 3.8) is 0 Å². The van der Waals surface area contributed by atoms with Crippen LogP contribution in [-0.2, 0) is 5.75 Å². The average molecular weight is 506 g/mol. The second-order valence-electron chi connectivity index (χ2n) is 7.04. The molecule has 3 heterocycles. The highest BCUT2D eigenvalue weighted by atomic mass is 32.2. The molecule has 0 saturated heterocycles. The topological polar surface area (TPSA) is 123 Å². The van der Waals surface area contributed by atoms with Gasteiger partial charge in [-0.2, -0.15) is 16.6 Å². The van der Waals surface area contributed by atoms with Crippen molar-refractivity contribution in [3.05, 3.63) is 69.5 Å². The highest BCUT2D eigenvalue weighted by molar-refractivity contribution is 7.98. The lowest BCUT2D eigenvalue weighted by Gasteiger charge is -2.13. The van der Waals surface area contributed by atoms with Crippen molar-refractivity contribution in [3.8, 4) is 34.4 Å². The number of nitrogens with zero attached hydrogens (tertiary/aromatic N) is 4. The molecule has 1 aromatic carbocycles. The van der Waals surface area contributed by atoms with Crippen LogP contribution >= 0.6 is 23.1 Å². The number of nitrogens with two attached hydrogens (primary N) is 1. The Kier molecular flexibility index (Phi) is 8.50. The van der Waals surface area contributed by atoms with Crippen LogP contribution in [0, 0.1) is 24.8 Å². The van der Waals surface area contributed by atoms with Crippen LogP contribution in [0.5, 0.6) is 5.75 Å². The molecule has 10 heteroatoms. The Morgan fingerprint density at radius 3 is 2.66 bits per heavy atom. The van der Waals surface area contributed by atoms with Crippen molar-refractivity contribution in [2.45, 2.75) is 25.1 Å². The summed E-state index contributed by atoms with van der Waals surface area (Å²) in [6.07, 6.45) is 0. The van der Waals surface area contributed by atoms with E-state index >= 15 is 0 Å². The predicted molar refractivity (Wildman–Crippen MR) is 138 cm³/mol. The SMILES string of the molecule is C.[C-]#[N+]c1c(N)nc(SCc2nc(-c3ccsc3)oc2C)c(C#N)c1-c1ccc(OCCO)cc1. The van der Waals surface area contributed by atoms with Crippen LogP contribution in [0.2, 0.25) is 0 Å². The quantitative estimate of drug-likeness (QED) is 0.218. The van der Waals surface area contributed by atoms with Gasteiger partial charge in [-0.3, -0.25) is 0 Å². The second-order valence-corrected chi connectivity index (χ2v) is 8.79. The van der Waals surface area contributed by atoms with Crippen LogP contribution in [0.4, 0.5) is 11.5 Å². The van der Waals surface area contributed by atoms with Crippen LogP contribution in [0.25, 0.3) is 27.4 Å². The third kappa shape index (κ3) is 5.47. The number of hydrogen-bond donors (Lipinski definition) is 2. The van der Waals surface area contributed by atoms with Crippen molar-refractivity contribution in [2.75, 3.05) is 18.9 Å². The summed E-state index contributed by atoms with van der Waals surface area (Å²) < 4.78 is 11.2. The minimum absolute atomic E-state index is 0. The molecule has 0 aliphatic heterocycles. The fourth-order valence-corrected chi connectivity index (χ4v) is 4.89. The van der Waals surface area contributed by atoms with E-state index in [0.717, 1.165) is 11.3 Å². The minimum atomic E-state index is -0.0938. The Hall–Kier alpha value is -3.83. The third-order valence-corrected chi connectivity index (χ3v) is 6.57. The van der Waals surface area contributed by atoms with Gasteiger partial charge in [0.2, 0.25) is 11.6 Å². The van der Waals surface area contributed by atoms with Gasteiger partial charge in [-0.25, -0.2) is 14.8 Å². The number of benzene rings is 1. The lowest BCUT2D eigenvalue weighted by atomic mass is 10.00. The number of thioether (sulfide) groups is 1. The number of aliphatic hydroxyl groups is 1. The first-order chi connectivity index (χ1) is 16.5. The van der Waals surface area contributed by atoms with Gasteiger partial charge in [-0.15, -0.1) is 0 Å². The predicted octanol–water partition coefficient (Wildman–Crippen LogP) is 6.08. The maximum Gasteiger partial charge on any atom is 0.236 e. The normalized spacial score (nSPS) is 10.3. The number of hydrogen-bond acceptors (Lipinski definition) is 9. The van der Waals surface area contributed by atoms with Gasteiger partial charge in [-0.1, -0.05) is 31.3 Å². The number of anilines is 1. The van der Waals surface area contributed by atoms with Crippen LogP contribution in [0.1, 0.15) is 24.4 Å². The number of oxazole rings is 1. The lowest BCUT2D eigenvalue weighted by Crippen LogP contribution is -2.02. The van der Waals surface area contributed by atoms with Crippen molar-refractivity contribution < 1.29 is 14.3 Å². The highest BCUT2D eigenvalue weighted by Crippen LogP contribution is 2.42. The standard InChI is InChI=1S/C24H19N5O3S2.CH4/c1-14-19(28-23(32-14)16-7-10-33-12-16)13-34-24-18(11-25)20(21(27-2)22(26)29-24)15-3-5-17(6-4-15)31-9-8-30;/h3-7,10,12,30H,8-9,13H2,1H3,(H2,26,29);1H4. The second kappa shape index (κ2) is 11.5. The summed E-state index contributed by atoms with van der Waals surface area (Å²) in [7, 11) is 0. The van der Waals surface area contributed by atoms with E-state index in [1.54, 1.807) is 35.6 Å². The van der Waals surface area contributed by atoms with Crippen molar-refractivity contribution in [2.24, 2.45) is 0 Å². The molecule has 4 aromatic rings. The molecule has 0 fully saturated rings. The number of nitrogen functional groups attached to an aromatic ring is 1. The fraction of sp³-hybridized carbons (Fsp3) is 0.200. The van der Waals surface area contributed by atoms with Gasteiger partial charge >= 0.3 is 0 Å². The number of rotatable bonds is 8. The first-order valence-electron chi connectivity index (χ1n) is 10.1. The molecule has 0 aliphatic rings. The van der Waals surface area contributed by atoms with Crippen molar-refractivity contribution in [1.29, 1.82) is 5.26 Å². The number of nitriles is 1. The fourth-order valence-electron chi connectivity index (χ4n) is 3.26.